The van der Waals surface area contributed by atoms with Gasteiger partial charge in [-0.05, 0) is 52.1 Å². The lowest BCUT2D eigenvalue weighted by Gasteiger charge is -2.25. The van der Waals surface area contributed by atoms with E-state index in [4.69, 9.17) is 0 Å². The van der Waals surface area contributed by atoms with E-state index in [0.29, 0.717) is 17.4 Å². The molecule has 0 aromatic heterocycles. The summed E-state index contributed by atoms with van der Waals surface area (Å²) in [6.07, 6.45) is 0. The minimum absolute atomic E-state index is 0.237. The molecule has 24 heavy (non-hydrogen) atoms. The summed E-state index contributed by atoms with van der Waals surface area (Å²) in [7, 11) is 0. The summed E-state index contributed by atoms with van der Waals surface area (Å²) >= 11 is 0. The maximum atomic E-state index is 10.1. The number of hydrogen-bond acceptors (Lipinski definition) is 2. The van der Waals surface area contributed by atoms with Crippen LogP contribution in [0.2, 0.25) is 0 Å². The molecule has 0 saturated heterocycles. The molecule has 0 saturated carbocycles. The van der Waals surface area contributed by atoms with E-state index >= 15 is 0 Å². The highest BCUT2D eigenvalue weighted by Gasteiger charge is 2.21. The van der Waals surface area contributed by atoms with Gasteiger partial charge in [0.15, 0.2) is 0 Å². The monoisotopic (exact) mass is 326 g/mol. The number of rotatable bonds is 5. The maximum absolute atomic E-state index is 10.1. The second kappa shape index (κ2) is 7.29. The van der Waals surface area contributed by atoms with Crippen LogP contribution < -0.4 is 0 Å². The predicted octanol–water partition coefficient (Wildman–Crippen LogP) is 6.13. The third-order valence-corrected chi connectivity index (χ3v) is 4.73. The molecular weight excluding hydrogens is 296 g/mol. The van der Waals surface area contributed by atoms with E-state index in [1.165, 1.54) is 11.1 Å². The van der Waals surface area contributed by atoms with Crippen molar-refractivity contribution in [3.8, 4) is 11.5 Å². The average molecular weight is 326 g/mol. The molecule has 0 radical (unpaired) electrons. The van der Waals surface area contributed by atoms with Crippen LogP contribution in [0.1, 0.15) is 81.5 Å². The zero-order chi connectivity index (χ0) is 18.0. The Bertz CT molecular complexity index is 642. The summed E-state index contributed by atoms with van der Waals surface area (Å²) in [5.74, 6) is 1.95. The standard InChI is InChI=1S/C22H30O2/c1-13(2)18-11-16(7-9-20(18)23)22(15(5)6)17-8-10-21(24)19(12-17)14(3)4/h7-15,22-24H,1-6H3. The molecule has 2 N–H and O–H groups in total. The van der Waals surface area contributed by atoms with Crippen molar-refractivity contribution in [2.24, 2.45) is 5.92 Å². The molecule has 2 heteroatoms. The van der Waals surface area contributed by atoms with Gasteiger partial charge in [-0.2, -0.15) is 0 Å². The first kappa shape index (κ1) is 18.4. The van der Waals surface area contributed by atoms with Crippen LogP contribution in [0, 0.1) is 5.92 Å². The third kappa shape index (κ3) is 3.75. The lowest BCUT2D eigenvalue weighted by atomic mass is 9.80. The molecule has 2 aromatic rings. The Morgan fingerprint density at radius 2 is 1.00 bits per heavy atom. The zero-order valence-corrected chi connectivity index (χ0v) is 15.7. The molecule has 0 aliphatic heterocycles. The molecule has 0 bridgehead atoms. The number of aromatic hydroxyl groups is 2. The van der Waals surface area contributed by atoms with Gasteiger partial charge in [-0.15, -0.1) is 0 Å². The average Bonchev–Trinajstić information content (AvgIpc) is 2.49. The Hall–Kier alpha value is -1.96. The molecule has 0 spiro atoms. The molecule has 0 unspecified atom stereocenters. The van der Waals surface area contributed by atoms with E-state index in [2.05, 4.69) is 53.7 Å². The fraction of sp³-hybridized carbons (Fsp3) is 0.455. The Kier molecular flexibility index (Phi) is 5.58. The highest BCUT2D eigenvalue weighted by Crippen LogP contribution is 2.38. The van der Waals surface area contributed by atoms with Gasteiger partial charge in [0.05, 0.1) is 0 Å². The van der Waals surface area contributed by atoms with Gasteiger partial charge in [-0.3, -0.25) is 0 Å². The second-order valence-corrected chi connectivity index (χ2v) is 7.67. The number of hydrogen-bond donors (Lipinski definition) is 2. The van der Waals surface area contributed by atoms with Gasteiger partial charge >= 0.3 is 0 Å². The van der Waals surface area contributed by atoms with Crippen molar-refractivity contribution >= 4 is 0 Å². The first-order valence-corrected chi connectivity index (χ1v) is 8.88. The summed E-state index contributed by atoms with van der Waals surface area (Å²) < 4.78 is 0. The normalized spacial score (nSPS) is 11.9. The molecule has 2 nitrogen and oxygen atoms in total. The van der Waals surface area contributed by atoms with Crippen molar-refractivity contribution in [3.63, 3.8) is 0 Å². The largest absolute Gasteiger partial charge is 0.508 e. The van der Waals surface area contributed by atoms with Crippen LogP contribution in [-0.4, -0.2) is 10.2 Å². The molecule has 0 amide bonds. The summed E-state index contributed by atoms with van der Waals surface area (Å²) in [5, 5.41) is 20.2. The molecule has 130 valence electrons. The highest BCUT2D eigenvalue weighted by molar-refractivity contribution is 5.46. The van der Waals surface area contributed by atoms with Crippen LogP contribution in [0.25, 0.3) is 0 Å². The van der Waals surface area contributed by atoms with Gasteiger partial charge in [-0.1, -0.05) is 65.8 Å². The van der Waals surface area contributed by atoms with Gasteiger partial charge in [0.2, 0.25) is 0 Å². The van der Waals surface area contributed by atoms with Crippen LogP contribution in [-0.2, 0) is 0 Å². The third-order valence-electron chi connectivity index (χ3n) is 4.73. The second-order valence-electron chi connectivity index (χ2n) is 7.67. The van der Waals surface area contributed by atoms with Crippen LogP contribution in [0.15, 0.2) is 36.4 Å². The van der Waals surface area contributed by atoms with Crippen molar-refractivity contribution in [2.75, 3.05) is 0 Å². The van der Waals surface area contributed by atoms with E-state index in [1.807, 2.05) is 24.3 Å². The van der Waals surface area contributed by atoms with Crippen molar-refractivity contribution in [3.05, 3.63) is 58.7 Å². The Morgan fingerprint density at radius 1 is 0.625 bits per heavy atom. The van der Waals surface area contributed by atoms with E-state index in [9.17, 15) is 10.2 Å². The smallest absolute Gasteiger partial charge is 0.119 e. The molecule has 0 atom stereocenters. The Balaban J connectivity index is 2.55. The fourth-order valence-corrected chi connectivity index (χ4v) is 3.42. The summed E-state index contributed by atoms with van der Waals surface area (Å²) in [6, 6.07) is 11.9. The molecular formula is C22H30O2. The van der Waals surface area contributed by atoms with Gasteiger partial charge < -0.3 is 10.2 Å². The van der Waals surface area contributed by atoms with Crippen LogP contribution >= 0.6 is 0 Å². The predicted molar refractivity (Wildman–Crippen MR) is 101 cm³/mol. The van der Waals surface area contributed by atoms with E-state index < -0.39 is 0 Å². The molecule has 2 aromatic carbocycles. The molecule has 0 heterocycles. The van der Waals surface area contributed by atoms with Crippen LogP contribution in [0.4, 0.5) is 0 Å². The van der Waals surface area contributed by atoms with Crippen molar-refractivity contribution in [2.45, 2.75) is 59.3 Å². The maximum Gasteiger partial charge on any atom is 0.119 e. The highest BCUT2D eigenvalue weighted by atomic mass is 16.3. The fourth-order valence-electron chi connectivity index (χ4n) is 3.42. The first-order valence-electron chi connectivity index (χ1n) is 8.88. The zero-order valence-electron chi connectivity index (χ0n) is 15.7. The molecule has 2 rings (SSSR count). The minimum atomic E-state index is 0.237. The van der Waals surface area contributed by atoms with Gasteiger partial charge in [0, 0.05) is 5.92 Å². The van der Waals surface area contributed by atoms with Crippen LogP contribution in [0.5, 0.6) is 11.5 Å². The van der Waals surface area contributed by atoms with E-state index in [-0.39, 0.29) is 17.8 Å². The quantitative estimate of drug-likeness (QED) is 0.693. The SMILES string of the molecule is CC(C)c1cc(C(c2ccc(O)c(C(C)C)c2)C(C)C)ccc1O. The first-order chi connectivity index (χ1) is 11.2. The number of phenolic OH excluding ortho intramolecular Hbond substituents is 2. The summed E-state index contributed by atoms with van der Waals surface area (Å²) in [6.45, 7) is 12.8. The molecule has 0 fully saturated rings. The lowest BCUT2D eigenvalue weighted by molar-refractivity contribution is 0.462. The van der Waals surface area contributed by atoms with Gasteiger partial charge in [0.1, 0.15) is 11.5 Å². The molecule has 0 aliphatic carbocycles. The van der Waals surface area contributed by atoms with Crippen molar-refractivity contribution < 1.29 is 10.2 Å². The summed E-state index contributed by atoms with van der Waals surface area (Å²) in [5.41, 5.74) is 4.40. The number of phenols is 2. The van der Waals surface area contributed by atoms with Gasteiger partial charge in [0.25, 0.3) is 0 Å². The van der Waals surface area contributed by atoms with Crippen LogP contribution in [0.3, 0.4) is 0 Å². The summed E-state index contributed by atoms with van der Waals surface area (Å²) in [4.78, 5) is 0. The van der Waals surface area contributed by atoms with Crippen molar-refractivity contribution in [1.29, 1.82) is 0 Å². The van der Waals surface area contributed by atoms with Crippen molar-refractivity contribution in [1.82, 2.24) is 0 Å². The lowest BCUT2D eigenvalue weighted by Crippen LogP contribution is -2.10. The Labute approximate surface area is 146 Å². The van der Waals surface area contributed by atoms with Gasteiger partial charge in [-0.25, -0.2) is 0 Å². The molecule has 0 aliphatic rings. The number of benzene rings is 2. The topological polar surface area (TPSA) is 40.5 Å². The Morgan fingerprint density at radius 3 is 1.29 bits per heavy atom. The van der Waals surface area contributed by atoms with E-state index in [0.717, 1.165) is 11.1 Å². The minimum Gasteiger partial charge on any atom is -0.508 e. The van der Waals surface area contributed by atoms with E-state index in [1.54, 1.807) is 0 Å².